The monoisotopic (exact) mass is 486 g/mol. The number of H-pyrrole nitrogens is 2. The number of aromatic amines is 2. The summed E-state index contributed by atoms with van der Waals surface area (Å²) >= 11 is 0. The largest absolute Gasteiger partial charge is 0.337 e. The zero-order chi connectivity index (χ0) is 24.8. The zero-order valence-electron chi connectivity index (χ0n) is 19.8. The highest BCUT2D eigenvalue weighted by Gasteiger charge is 2.25. The summed E-state index contributed by atoms with van der Waals surface area (Å²) in [5.74, 6) is 0.836. The molecule has 1 fully saturated rings. The second-order valence-electron chi connectivity index (χ2n) is 9.28. The van der Waals surface area contributed by atoms with Crippen molar-refractivity contribution in [3.8, 4) is 33.9 Å². The number of hydrogen-bond donors (Lipinski definition) is 3. The summed E-state index contributed by atoms with van der Waals surface area (Å²) in [6.07, 6.45) is 10.00. The van der Waals surface area contributed by atoms with E-state index >= 15 is 0 Å². The maximum absolute atomic E-state index is 12.4. The van der Waals surface area contributed by atoms with Crippen LogP contribution >= 0.6 is 0 Å². The molecule has 7 rings (SSSR count). The van der Waals surface area contributed by atoms with E-state index in [0.29, 0.717) is 17.2 Å². The Kier molecular flexibility index (Phi) is 4.99. The lowest BCUT2D eigenvalue weighted by atomic mass is 9.85. The number of benzene rings is 1. The number of amides is 1. The van der Waals surface area contributed by atoms with Gasteiger partial charge in [-0.3, -0.25) is 19.9 Å². The van der Waals surface area contributed by atoms with Crippen molar-refractivity contribution in [3.05, 3.63) is 73.3 Å². The number of aromatic nitrogens is 7. The smallest absolute Gasteiger partial charge is 0.227 e. The molecule has 1 amide bonds. The summed E-state index contributed by atoms with van der Waals surface area (Å²) in [5, 5.41) is 11.3. The fourth-order valence-corrected chi connectivity index (χ4v) is 4.70. The van der Waals surface area contributed by atoms with Crippen LogP contribution in [0.25, 0.3) is 56.0 Å². The highest BCUT2D eigenvalue weighted by Crippen LogP contribution is 2.32. The Balaban J connectivity index is 1.26. The van der Waals surface area contributed by atoms with E-state index in [2.05, 4.69) is 35.5 Å². The summed E-state index contributed by atoms with van der Waals surface area (Å²) in [6, 6.07) is 15.8. The SMILES string of the molecule is O=C(Nc1cncc(-c2cnc3n[nH]c(-c4nc5c(-c6ccccn6)cccc5[nH]4)c3c2)c1)C1CCC1. The van der Waals surface area contributed by atoms with Crippen molar-refractivity contribution >= 4 is 33.7 Å². The molecule has 1 aromatic carbocycles. The van der Waals surface area contributed by atoms with E-state index in [-0.39, 0.29) is 11.8 Å². The molecular formula is C28H22N8O. The van der Waals surface area contributed by atoms with Crippen LogP contribution in [-0.2, 0) is 4.79 Å². The lowest BCUT2D eigenvalue weighted by Gasteiger charge is -2.24. The minimum absolute atomic E-state index is 0.0610. The van der Waals surface area contributed by atoms with Crippen molar-refractivity contribution in [1.82, 2.24) is 35.1 Å². The van der Waals surface area contributed by atoms with Gasteiger partial charge in [-0.1, -0.05) is 24.6 Å². The van der Waals surface area contributed by atoms with Gasteiger partial charge in [0.15, 0.2) is 11.5 Å². The molecule has 0 aliphatic heterocycles. The molecular weight excluding hydrogens is 464 g/mol. The van der Waals surface area contributed by atoms with Crippen LogP contribution in [0.3, 0.4) is 0 Å². The fourth-order valence-electron chi connectivity index (χ4n) is 4.70. The van der Waals surface area contributed by atoms with Gasteiger partial charge in [-0.2, -0.15) is 5.10 Å². The molecule has 37 heavy (non-hydrogen) atoms. The number of pyridine rings is 3. The van der Waals surface area contributed by atoms with E-state index in [1.54, 1.807) is 24.8 Å². The first-order valence-electron chi connectivity index (χ1n) is 12.2. The number of nitrogens with one attached hydrogen (secondary N) is 3. The summed E-state index contributed by atoms with van der Waals surface area (Å²) in [4.78, 5) is 34.1. The van der Waals surface area contributed by atoms with Crippen LogP contribution in [0.15, 0.2) is 73.3 Å². The van der Waals surface area contributed by atoms with E-state index in [4.69, 9.17) is 4.98 Å². The number of rotatable bonds is 5. The molecule has 9 nitrogen and oxygen atoms in total. The Morgan fingerprint density at radius 1 is 0.973 bits per heavy atom. The molecule has 0 bridgehead atoms. The van der Waals surface area contributed by atoms with Gasteiger partial charge in [0.1, 0.15) is 5.69 Å². The van der Waals surface area contributed by atoms with Gasteiger partial charge < -0.3 is 10.3 Å². The van der Waals surface area contributed by atoms with Gasteiger partial charge in [-0.25, -0.2) is 9.97 Å². The van der Waals surface area contributed by atoms with E-state index in [1.807, 2.05) is 48.5 Å². The van der Waals surface area contributed by atoms with Crippen LogP contribution in [0.1, 0.15) is 19.3 Å². The third kappa shape index (κ3) is 3.81. The second kappa shape index (κ2) is 8.63. The predicted molar refractivity (Wildman–Crippen MR) is 141 cm³/mol. The topological polar surface area (TPSA) is 125 Å². The van der Waals surface area contributed by atoms with Gasteiger partial charge in [-0.15, -0.1) is 0 Å². The number of nitrogens with zero attached hydrogens (tertiary/aromatic N) is 5. The summed E-state index contributed by atoms with van der Waals surface area (Å²) in [5.41, 5.74) is 7.30. The van der Waals surface area contributed by atoms with Crippen LogP contribution in [-0.4, -0.2) is 41.0 Å². The number of anilines is 1. The molecule has 5 heterocycles. The molecule has 0 atom stereocenters. The van der Waals surface area contributed by atoms with E-state index < -0.39 is 0 Å². The molecule has 3 N–H and O–H groups in total. The Morgan fingerprint density at radius 3 is 2.73 bits per heavy atom. The van der Waals surface area contributed by atoms with Crippen molar-refractivity contribution in [2.45, 2.75) is 19.3 Å². The number of hydrogen-bond acceptors (Lipinski definition) is 6. The number of para-hydroxylation sites is 1. The van der Waals surface area contributed by atoms with E-state index in [9.17, 15) is 4.79 Å². The van der Waals surface area contributed by atoms with Crippen LogP contribution in [0.2, 0.25) is 0 Å². The van der Waals surface area contributed by atoms with Crippen LogP contribution in [0.4, 0.5) is 5.69 Å². The lowest BCUT2D eigenvalue weighted by molar-refractivity contribution is -0.122. The third-order valence-corrected chi connectivity index (χ3v) is 6.92. The van der Waals surface area contributed by atoms with Crippen LogP contribution in [0.5, 0.6) is 0 Å². The third-order valence-electron chi connectivity index (χ3n) is 6.92. The standard InChI is InChI=1S/C28H22N8O/c37-28(16-5-3-6-16)32-19-11-17(13-29-15-19)18-12-21-25(35-36-26(21)31-14-18)27-33-23-9-4-7-20(24(23)34-27)22-8-1-2-10-30-22/h1-2,4,7-16H,3,5-6H2,(H,32,37)(H,33,34)(H,31,35,36). The Bertz CT molecular complexity index is 1770. The van der Waals surface area contributed by atoms with Gasteiger partial charge >= 0.3 is 0 Å². The summed E-state index contributed by atoms with van der Waals surface area (Å²) in [6.45, 7) is 0. The quantitative estimate of drug-likeness (QED) is 0.301. The van der Waals surface area contributed by atoms with Crippen molar-refractivity contribution in [2.24, 2.45) is 5.92 Å². The molecule has 180 valence electrons. The minimum Gasteiger partial charge on any atom is -0.337 e. The van der Waals surface area contributed by atoms with Crippen molar-refractivity contribution in [1.29, 1.82) is 0 Å². The molecule has 6 aromatic rings. The van der Waals surface area contributed by atoms with Crippen molar-refractivity contribution in [3.63, 3.8) is 0 Å². The van der Waals surface area contributed by atoms with E-state index in [1.165, 1.54) is 0 Å². The lowest BCUT2D eigenvalue weighted by Crippen LogP contribution is -2.28. The maximum Gasteiger partial charge on any atom is 0.227 e. The van der Waals surface area contributed by atoms with Gasteiger partial charge in [0.25, 0.3) is 0 Å². The molecule has 1 saturated carbocycles. The van der Waals surface area contributed by atoms with Gasteiger partial charge in [0.05, 0.1) is 34.0 Å². The van der Waals surface area contributed by atoms with Gasteiger partial charge in [0.2, 0.25) is 5.91 Å². The predicted octanol–water partition coefficient (Wildman–Crippen LogP) is 5.36. The first-order valence-corrected chi connectivity index (χ1v) is 12.2. The molecule has 5 aromatic heterocycles. The second-order valence-corrected chi connectivity index (χ2v) is 9.28. The fraction of sp³-hybridized carbons (Fsp3) is 0.143. The first-order chi connectivity index (χ1) is 18.2. The number of carbonyl (C=O) groups is 1. The Hall–Kier alpha value is -4.92. The van der Waals surface area contributed by atoms with Crippen LogP contribution in [0, 0.1) is 5.92 Å². The molecule has 0 radical (unpaired) electrons. The Labute approximate surface area is 211 Å². The normalized spacial score (nSPS) is 13.6. The molecule has 0 unspecified atom stereocenters. The molecule has 1 aliphatic rings. The average molecular weight is 487 g/mol. The maximum atomic E-state index is 12.4. The van der Waals surface area contributed by atoms with Gasteiger partial charge in [-0.05, 0) is 43.2 Å². The van der Waals surface area contributed by atoms with Crippen molar-refractivity contribution < 1.29 is 4.79 Å². The van der Waals surface area contributed by atoms with Crippen molar-refractivity contribution in [2.75, 3.05) is 5.32 Å². The number of carbonyl (C=O) groups excluding carboxylic acids is 1. The summed E-state index contributed by atoms with van der Waals surface area (Å²) in [7, 11) is 0. The number of fused-ring (bicyclic) bond motifs is 2. The first kappa shape index (κ1) is 21.4. The van der Waals surface area contributed by atoms with Gasteiger partial charge in [0, 0.05) is 41.2 Å². The number of imidazole rings is 1. The average Bonchev–Trinajstić information content (AvgIpc) is 3.52. The zero-order valence-corrected chi connectivity index (χ0v) is 19.8. The molecule has 0 spiro atoms. The van der Waals surface area contributed by atoms with E-state index in [0.717, 1.165) is 63.8 Å². The summed E-state index contributed by atoms with van der Waals surface area (Å²) < 4.78 is 0. The molecule has 0 saturated heterocycles. The minimum atomic E-state index is 0.0610. The molecule has 9 heteroatoms. The highest BCUT2D eigenvalue weighted by atomic mass is 16.1. The Morgan fingerprint density at radius 2 is 1.89 bits per heavy atom. The highest BCUT2D eigenvalue weighted by molar-refractivity contribution is 5.97. The molecule has 1 aliphatic carbocycles. The van der Waals surface area contributed by atoms with Crippen LogP contribution < -0.4 is 5.32 Å².